The molecule has 1 heterocycles. The standard InChI is InChI=1S/C8H13NO3/c1-5-3-7(11)9(8(5)12)6(2)4-10/h5-6,10H,3-4H2,1-2H3/t5-,6+/m0/s1. The van der Waals surface area contributed by atoms with Crippen molar-refractivity contribution in [1.82, 2.24) is 4.90 Å². The fourth-order valence-corrected chi connectivity index (χ4v) is 1.35. The zero-order valence-corrected chi connectivity index (χ0v) is 7.28. The molecule has 0 aromatic rings. The van der Waals surface area contributed by atoms with Gasteiger partial charge in [-0.15, -0.1) is 0 Å². The lowest BCUT2D eigenvalue weighted by molar-refractivity contribution is -0.142. The summed E-state index contributed by atoms with van der Waals surface area (Å²) >= 11 is 0. The normalized spacial score (nSPS) is 26.6. The maximum absolute atomic E-state index is 11.3. The molecule has 0 unspecified atom stereocenters. The zero-order chi connectivity index (χ0) is 9.30. The van der Waals surface area contributed by atoms with Gasteiger partial charge in [-0.2, -0.15) is 0 Å². The number of amides is 2. The van der Waals surface area contributed by atoms with Gasteiger partial charge in [0.2, 0.25) is 11.8 Å². The van der Waals surface area contributed by atoms with E-state index in [4.69, 9.17) is 5.11 Å². The molecule has 1 aliphatic rings. The molecule has 0 aliphatic carbocycles. The highest BCUT2D eigenvalue weighted by atomic mass is 16.3. The molecular weight excluding hydrogens is 158 g/mol. The Morgan fingerprint density at radius 3 is 2.58 bits per heavy atom. The van der Waals surface area contributed by atoms with Crippen LogP contribution in [0.1, 0.15) is 20.3 Å². The average molecular weight is 171 g/mol. The van der Waals surface area contributed by atoms with Crippen molar-refractivity contribution in [3.63, 3.8) is 0 Å². The van der Waals surface area contributed by atoms with Crippen molar-refractivity contribution < 1.29 is 14.7 Å². The highest BCUT2D eigenvalue weighted by Gasteiger charge is 2.37. The summed E-state index contributed by atoms with van der Waals surface area (Å²) in [6.07, 6.45) is 0.281. The first-order valence-electron chi connectivity index (χ1n) is 4.04. The van der Waals surface area contributed by atoms with E-state index in [2.05, 4.69) is 0 Å². The average Bonchev–Trinajstić information content (AvgIpc) is 2.26. The molecule has 68 valence electrons. The quantitative estimate of drug-likeness (QED) is 0.583. The third-order valence-electron chi connectivity index (χ3n) is 2.11. The SMILES string of the molecule is C[C@H](CO)N1C(=O)C[C@H](C)C1=O. The van der Waals surface area contributed by atoms with Crippen LogP contribution in [0.15, 0.2) is 0 Å². The van der Waals surface area contributed by atoms with Crippen molar-refractivity contribution >= 4 is 11.8 Å². The molecule has 0 aromatic carbocycles. The van der Waals surface area contributed by atoms with Crippen LogP contribution < -0.4 is 0 Å². The van der Waals surface area contributed by atoms with Gasteiger partial charge in [-0.1, -0.05) is 6.92 Å². The lowest BCUT2D eigenvalue weighted by Gasteiger charge is -2.20. The second-order valence-corrected chi connectivity index (χ2v) is 3.24. The minimum Gasteiger partial charge on any atom is -0.394 e. The molecular formula is C8H13NO3. The van der Waals surface area contributed by atoms with Crippen molar-refractivity contribution in [2.45, 2.75) is 26.3 Å². The molecule has 0 saturated carbocycles. The molecule has 1 rings (SSSR count). The van der Waals surface area contributed by atoms with Crippen LogP contribution in [0.2, 0.25) is 0 Å². The Balaban J connectivity index is 2.76. The Kier molecular flexibility index (Phi) is 2.47. The van der Waals surface area contributed by atoms with Gasteiger partial charge in [-0.25, -0.2) is 0 Å². The highest BCUT2D eigenvalue weighted by Crippen LogP contribution is 2.20. The van der Waals surface area contributed by atoms with Crippen LogP contribution in [0.4, 0.5) is 0 Å². The van der Waals surface area contributed by atoms with Gasteiger partial charge in [0.05, 0.1) is 12.6 Å². The smallest absolute Gasteiger partial charge is 0.232 e. The Bertz CT molecular complexity index is 214. The number of rotatable bonds is 2. The van der Waals surface area contributed by atoms with E-state index in [0.717, 1.165) is 4.90 Å². The Labute approximate surface area is 71.2 Å². The summed E-state index contributed by atoms with van der Waals surface area (Å²) in [5.74, 6) is -0.554. The maximum atomic E-state index is 11.3. The number of aliphatic hydroxyl groups excluding tert-OH is 1. The summed E-state index contributed by atoms with van der Waals surface area (Å²) in [5.41, 5.74) is 0. The van der Waals surface area contributed by atoms with Crippen molar-refractivity contribution in [2.75, 3.05) is 6.61 Å². The summed E-state index contributed by atoms with van der Waals surface area (Å²) in [6, 6.07) is -0.380. The largest absolute Gasteiger partial charge is 0.394 e. The number of carbonyl (C=O) groups excluding carboxylic acids is 2. The van der Waals surface area contributed by atoms with E-state index in [9.17, 15) is 9.59 Å². The molecule has 2 amide bonds. The molecule has 0 bridgehead atoms. The van der Waals surface area contributed by atoms with Gasteiger partial charge in [0.15, 0.2) is 0 Å². The van der Waals surface area contributed by atoms with E-state index in [1.165, 1.54) is 0 Å². The molecule has 0 radical (unpaired) electrons. The van der Waals surface area contributed by atoms with Crippen LogP contribution in [0.25, 0.3) is 0 Å². The van der Waals surface area contributed by atoms with E-state index in [0.29, 0.717) is 0 Å². The number of carbonyl (C=O) groups is 2. The number of nitrogens with zero attached hydrogens (tertiary/aromatic N) is 1. The molecule has 1 N–H and O–H groups in total. The van der Waals surface area contributed by atoms with Gasteiger partial charge >= 0.3 is 0 Å². The summed E-state index contributed by atoms with van der Waals surface area (Å²) in [7, 11) is 0. The van der Waals surface area contributed by atoms with Crippen LogP contribution in [0.5, 0.6) is 0 Å². The predicted octanol–water partition coefficient (Wildman–Crippen LogP) is -0.238. The number of hydrogen-bond donors (Lipinski definition) is 1. The first kappa shape index (κ1) is 9.19. The topological polar surface area (TPSA) is 57.6 Å². The van der Waals surface area contributed by atoms with Crippen LogP contribution in [-0.4, -0.2) is 34.5 Å². The van der Waals surface area contributed by atoms with E-state index in [1.54, 1.807) is 13.8 Å². The number of hydrogen-bond acceptors (Lipinski definition) is 3. The monoisotopic (exact) mass is 171 g/mol. The second-order valence-electron chi connectivity index (χ2n) is 3.24. The van der Waals surface area contributed by atoms with E-state index in [1.807, 2.05) is 0 Å². The maximum Gasteiger partial charge on any atom is 0.232 e. The summed E-state index contributed by atoms with van der Waals surface area (Å²) in [6.45, 7) is 3.22. The Hall–Kier alpha value is -0.900. The van der Waals surface area contributed by atoms with Crippen LogP contribution in [0.3, 0.4) is 0 Å². The Morgan fingerprint density at radius 1 is 1.67 bits per heavy atom. The molecule has 12 heavy (non-hydrogen) atoms. The second kappa shape index (κ2) is 3.23. The van der Waals surface area contributed by atoms with Crippen LogP contribution in [-0.2, 0) is 9.59 Å². The summed E-state index contributed by atoms with van der Waals surface area (Å²) < 4.78 is 0. The summed E-state index contributed by atoms with van der Waals surface area (Å²) in [4.78, 5) is 23.7. The van der Waals surface area contributed by atoms with E-state index >= 15 is 0 Å². The number of aliphatic hydroxyl groups is 1. The van der Waals surface area contributed by atoms with Crippen molar-refractivity contribution in [2.24, 2.45) is 5.92 Å². The first-order valence-corrected chi connectivity index (χ1v) is 4.04. The van der Waals surface area contributed by atoms with Gasteiger partial charge in [0.1, 0.15) is 0 Å². The molecule has 0 aromatic heterocycles. The highest BCUT2D eigenvalue weighted by molar-refractivity contribution is 6.03. The Morgan fingerprint density at radius 2 is 2.25 bits per heavy atom. The number of likely N-dealkylation sites (tertiary alicyclic amines) is 1. The van der Waals surface area contributed by atoms with Gasteiger partial charge in [0.25, 0.3) is 0 Å². The van der Waals surface area contributed by atoms with Crippen molar-refractivity contribution in [1.29, 1.82) is 0 Å². The number of imide groups is 1. The molecule has 4 heteroatoms. The van der Waals surface area contributed by atoms with Gasteiger partial charge < -0.3 is 5.11 Å². The van der Waals surface area contributed by atoms with Gasteiger partial charge in [0, 0.05) is 12.3 Å². The predicted molar refractivity (Wildman–Crippen MR) is 42.2 cm³/mol. The van der Waals surface area contributed by atoms with Crippen molar-refractivity contribution in [3.8, 4) is 0 Å². The fourth-order valence-electron chi connectivity index (χ4n) is 1.35. The minimum absolute atomic E-state index is 0.163. The fraction of sp³-hybridized carbons (Fsp3) is 0.750. The molecule has 1 saturated heterocycles. The molecule has 2 atom stereocenters. The molecule has 0 spiro atoms. The van der Waals surface area contributed by atoms with Gasteiger partial charge in [-0.05, 0) is 6.92 Å². The van der Waals surface area contributed by atoms with E-state index < -0.39 is 0 Å². The third kappa shape index (κ3) is 1.34. The molecule has 1 aliphatic heterocycles. The van der Waals surface area contributed by atoms with Gasteiger partial charge in [-0.3, -0.25) is 14.5 Å². The first-order chi connectivity index (χ1) is 5.57. The summed E-state index contributed by atoms with van der Waals surface area (Å²) in [5, 5.41) is 8.77. The van der Waals surface area contributed by atoms with Crippen molar-refractivity contribution in [3.05, 3.63) is 0 Å². The lowest BCUT2D eigenvalue weighted by atomic mass is 10.1. The molecule has 4 nitrogen and oxygen atoms in total. The van der Waals surface area contributed by atoms with Crippen LogP contribution in [0, 0.1) is 5.92 Å². The zero-order valence-electron chi connectivity index (χ0n) is 7.28. The minimum atomic E-state index is -0.380. The third-order valence-corrected chi connectivity index (χ3v) is 2.11. The van der Waals surface area contributed by atoms with Crippen LogP contribution >= 0.6 is 0 Å². The molecule has 1 fully saturated rings. The van der Waals surface area contributed by atoms with E-state index in [-0.39, 0.29) is 36.8 Å². The lowest BCUT2D eigenvalue weighted by Crippen LogP contribution is -2.40.